The number of hydrogen-bond donors (Lipinski definition) is 1. The Hall–Kier alpha value is -1.89. The molecule has 1 N–H and O–H groups in total. The molecule has 0 aliphatic heterocycles. The minimum Gasteiger partial charge on any atom is -0.373 e. The Balaban J connectivity index is 2.08. The first-order valence-electron chi connectivity index (χ1n) is 6.89. The van der Waals surface area contributed by atoms with E-state index in [1.54, 1.807) is 0 Å². The van der Waals surface area contributed by atoms with Gasteiger partial charge in [0.15, 0.2) is 0 Å². The second-order valence-electron chi connectivity index (χ2n) is 5.33. The highest BCUT2D eigenvalue weighted by molar-refractivity contribution is 5.30. The molecule has 1 aromatic rings. The van der Waals surface area contributed by atoms with E-state index in [1.165, 1.54) is 30.7 Å². The van der Waals surface area contributed by atoms with Crippen molar-refractivity contribution in [2.45, 2.75) is 30.7 Å². The first kappa shape index (κ1) is 17.5. The zero-order chi connectivity index (χ0) is 17.1. The molecule has 7 heteroatoms. The molecule has 0 saturated carbocycles. The van der Waals surface area contributed by atoms with Crippen LogP contribution < -0.4 is 5.32 Å². The normalized spacial score (nSPS) is 21.9. The van der Waals surface area contributed by atoms with Crippen molar-refractivity contribution in [3.05, 3.63) is 59.8 Å². The molecule has 1 aliphatic rings. The molecule has 0 amide bonds. The summed E-state index contributed by atoms with van der Waals surface area (Å²) in [6.45, 7) is 0. The van der Waals surface area contributed by atoms with Crippen LogP contribution in [-0.4, -0.2) is 24.9 Å². The monoisotopic (exact) mass is 333 g/mol. The predicted octanol–water partition coefficient (Wildman–Crippen LogP) is 4.20. The summed E-state index contributed by atoms with van der Waals surface area (Å²) in [5.41, 5.74) is -0.0717. The zero-order valence-corrected chi connectivity index (χ0v) is 12.3. The van der Waals surface area contributed by atoms with Crippen molar-refractivity contribution in [2.24, 2.45) is 0 Å². The fourth-order valence-corrected chi connectivity index (χ4v) is 2.30. The van der Waals surface area contributed by atoms with Gasteiger partial charge in [-0.3, -0.25) is 0 Å². The Bertz CT molecular complexity index is 594. The van der Waals surface area contributed by atoms with Gasteiger partial charge in [0.1, 0.15) is 0 Å². The Morgan fingerprint density at radius 3 is 2.26 bits per heavy atom. The summed E-state index contributed by atoms with van der Waals surface area (Å²) in [7, 11) is 1.48. The highest BCUT2D eigenvalue weighted by atomic mass is 19.4. The van der Waals surface area contributed by atoms with Gasteiger partial charge in [0.2, 0.25) is 0 Å². The SMILES string of the molecule is COC1(Cc2ccccc2)C=CC(NC(F)(F)C(F)(F)F)=CC1. The van der Waals surface area contributed by atoms with Crippen molar-refractivity contribution in [1.82, 2.24) is 5.32 Å². The van der Waals surface area contributed by atoms with Crippen LogP contribution in [0.4, 0.5) is 22.0 Å². The molecule has 0 aromatic heterocycles. The Morgan fingerprint density at radius 1 is 1.13 bits per heavy atom. The zero-order valence-electron chi connectivity index (χ0n) is 12.3. The molecular weight excluding hydrogens is 317 g/mol. The van der Waals surface area contributed by atoms with Crippen molar-refractivity contribution >= 4 is 0 Å². The van der Waals surface area contributed by atoms with Crippen molar-refractivity contribution in [3.63, 3.8) is 0 Å². The lowest BCUT2D eigenvalue weighted by atomic mass is 9.87. The van der Waals surface area contributed by atoms with Gasteiger partial charge in [-0.1, -0.05) is 42.5 Å². The third kappa shape index (κ3) is 4.10. The molecule has 2 nitrogen and oxygen atoms in total. The van der Waals surface area contributed by atoms with Gasteiger partial charge in [-0.05, 0) is 11.6 Å². The number of rotatable bonds is 5. The van der Waals surface area contributed by atoms with Gasteiger partial charge in [0.05, 0.1) is 5.60 Å². The molecule has 0 fully saturated rings. The lowest BCUT2D eigenvalue weighted by Gasteiger charge is -2.32. The van der Waals surface area contributed by atoms with E-state index >= 15 is 0 Å². The minimum atomic E-state index is -5.65. The van der Waals surface area contributed by atoms with Crippen molar-refractivity contribution in [3.8, 4) is 0 Å². The minimum absolute atomic E-state index is 0.186. The van der Waals surface area contributed by atoms with Crippen LogP contribution in [0.15, 0.2) is 54.3 Å². The maximum Gasteiger partial charge on any atom is 0.475 e. The second-order valence-corrected chi connectivity index (χ2v) is 5.33. The van der Waals surface area contributed by atoms with Gasteiger partial charge in [0.25, 0.3) is 0 Å². The maximum absolute atomic E-state index is 13.0. The number of ether oxygens (including phenoxy) is 1. The van der Waals surface area contributed by atoms with Crippen molar-refractivity contribution < 1.29 is 26.7 Å². The molecule has 0 saturated heterocycles. The molecule has 1 aliphatic carbocycles. The Morgan fingerprint density at radius 2 is 1.78 bits per heavy atom. The number of allylic oxidation sites excluding steroid dienone is 1. The van der Waals surface area contributed by atoms with E-state index in [0.29, 0.717) is 6.42 Å². The smallest absolute Gasteiger partial charge is 0.373 e. The number of halogens is 5. The van der Waals surface area contributed by atoms with Crippen LogP contribution in [0.2, 0.25) is 0 Å². The topological polar surface area (TPSA) is 21.3 Å². The Labute approximate surface area is 130 Å². The molecule has 0 bridgehead atoms. The van der Waals surface area contributed by atoms with Gasteiger partial charge >= 0.3 is 12.2 Å². The average Bonchev–Trinajstić information content (AvgIpc) is 2.49. The van der Waals surface area contributed by atoms with Crippen LogP contribution in [0.1, 0.15) is 12.0 Å². The van der Waals surface area contributed by atoms with Crippen LogP contribution in [0.25, 0.3) is 0 Å². The summed E-state index contributed by atoms with van der Waals surface area (Å²) >= 11 is 0. The molecular formula is C16H16F5NO. The molecule has 0 radical (unpaired) electrons. The van der Waals surface area contributed by atoms with E-state index in [2.05, 4.69) is 0 Å². The fourth-order valence-electron chi connectivity index (χ4n) is 2.30. The largest absolute Gasteiger partial charge is 0.475 e. The summed E-state index contributed by atoms with van der Waals surface area (Å²) < 4.78 is 68.1. The van der Waals surface area contributed by atoms with E-state index in [-0.39, 0.29) is 12.1 Å². The highest BCUT2D eigenvalue weighted by Gasteiger charge is 2.58. The van der Waals surface area contributed by atoms with Gasteiger partial charge in [0, 0.05) is 25.6 Å². The van der Waals surface area contributed by atoms with Gasteiger partial charge in [-0.15, -0.1) is 0 Å². The standard InChI is InChI=1S/C16H16F5NO/c1-23-14(11-12-5-3-2-4-6-12)9-7-13(8-10-14)22-16(20,21)15(17,18)19/h2-9,22H,10-11H2,1H3. The van der Waals surface area contributed by atoms with Gasteiger partial charge in [-0.25, -0.2) is 0 Å². The number of hydrogen-bond acceptors (Lipinski definition) is 2. The number of nitrogens with one attached hydrogen (secondary N) is 1. The molecule has 1 aromatic carbocycles. The summed E-state index contributed by atoms with van der Waals surface area (Å²) in [4.78, 5) is 0. The van der Waals surface area contributed by atoms with Crippen molar-refractivity contribution in [2.75, 3.05) is 7.11 Å². The molecule has 23 heavy (non-hydrogen) atoms. The quantitative estimate of drug-likeness (QED) is 0.644. The fraction of sp³-hybridized carbons (Fsp3) is 0.375. The van der Waals surface area contributed by atoms with E-state index in [9.17, 15) is 22.0 Å². The van der Waals surface area contributed by atoms with Crippen LogP contribution in [0, 0.1) is 0 Å². The van der Waals surface area contributed by atoms with E-state index in [0.717, 1.165) is 5.56 Å². The number of methoxy groups -OCH3 is 1. The number of benzene rings is 1. The molecule has 0 heterocycles. The average molecular weight is 333 g/mol. The van der Waals surface area contributed by atoms with E-state index < -0.39 is 17.8 Å². The predicted molar refractivity (Wildman–Crippen MR) is 75.9 cm³/mol. The molecule has 1 unspecified atom stereocenters. The first-order chi connectivity index (χ1) is 10.7. The van der Waals surface area contributed by atoms with E-state index in [1.807, 2.05) is 30.3 Å². The van der Waals surface area contributed by atoms with Crippen LogP contribution in [-0.2, 0) is 11.2 Å². The van der Waals surface area contributed by atoms with Gasteiger partial charge < -0.3 is 10.1 Å². The molecule has 2 rings (SSSR count). The maximum atomic E-state index is 13.0. The summed E-state index contributed by atoms with van der Waals surface area (Å²) in [5.74, 6) is 0. The summed E-state index contributed by atoms with van der Waals surface area (Å²) in [5, 5.41) is 1.22. The number of alkyl halides is 5. The molecule has 0 spiro atoms. The van der Waals surface area contributed by atoms with Crippen LogP contribution in [0.3, 0.4) is 0 Å². The van der Waals surface area contributed by atoms with Crippen LogP contribution in [0.5, 0.6) is 0 Å². The van der Waals surface area contributed by atoms with Crippen molar-refractivity contribution in [1.29, 1.82) is 0 Å². The Kier molecular flexibility index (Phi) is 4.79. The lowest BCUT2D eigenvalue weighted by molar-refractivity contribution is -0.291. The second kappa shape index (κ2) is 6.31. The van der Waals surface area contributed by atoms with E-state index in [4.69, 9.17) is 4.74 Å². The highest BCUT2D eigenvalue weighted by Crippen LogP contribution is 2.35. The summed E-state index contributed by atoms with van der Waals surface area (Å²) in [6.07, 6.45) is -0.997. The third-order valence-corrected chi connectivity index (χ3v) is 3.64. The first-order valence-corrected chi connectivity index (χ1v) is 6.89. The third-order valence-electron chi connectivity index (χ3n) is 3.64. The van der Waals surface area contributed by atoms with Crippen LogP contribution >= 0.6 is 0 Å². The molecule has 1 atom stereocenters. The lowest BCUT2D eigenvalue weighted by Crippen LogP contribution is -2.49. The summed E-state index contributed by atoms with van der Waals surface area (Å²) in [6, 6.07) is 4.39. The van der Waals surface area contributed by atoms with Gasteiger partial charge in [-0.2, -0.15) is 22.0 Å². The molecule has 126 valence electrons.